The number of hydrogen-bond acceptors (Lipinski definition) is 3. The monoisotopic (exact) mass is 396 g/mol. The van der Waals surface area contributed by atoms with E-state index < -0.39 is 0 Å². The summed E-state index contributed by atoms with van der Waals surface area (Å²) in [5, 5.41) is 6.00. The van der Waals surface area contributed by atoms with Crippen molar-refractivity contribution in [2.45, 2.75) is 0 Å². The van der Waals surface area contributed by atoms with Crippen LogP contribution in [-0.2, 0) is 0 Å². The third-order valence-electron chi connectivity index (χ3n) is 5.30. The standard InChI is InChI=1S/C25H22N3O2/c1-29-21-11-7-19(8-12-21)26-25-24-23-6-4-3-5-18(23)15-16-27(24)17-28(25)20-9-13-22(30-2)14-10-20/h3-17,26H,1-2H3/q+1. The molecule has 3 aromatic carbocycles. The van der Waals surface area contributed by atoms with Crippen LogP contribution in [0.4, 0.5) is 11.5 Å². The zero-order valence-corrected chi connectivity index (χ0v) is 16.9. The molecule has 2 aromatic heterocycles. The lowest BCUT2D eigenvalue weighted by molar-refractivity contribution is -0.510. The molecule has 2 heterocycles. The number of rotatable bonds is 5. The maximum Gasteiger partial charge on any atom is 0.255 e. The molecule has 0 bridgehead atoms. The topological polar surface area (TPSA) is 39.5 Å². The highest BCUT2D eigenvalue weighted by Gasteiger charge is 2.22. The number of nitrogens with one attached hydrogen (secondary N) is 1. The van der Waals surface area contributed by atoms with E-state index in [1.807, 2.05) is 36.4 Å². The number of benzene rings is 3. The molecule has 0 atom stereocenters. The first kappa shape index (κ1) is 18.1. The van der Waals surface area contributed by atoms with Gasteiger partial charge >= 0.3 is 0 Å². The van der Waals surface area contributed by atoms with Crippen LogP contribution in [0.3, 0.4) is 0 Å². The third-order valence-corrected chi connectivity index (χ3v) is 5.30. The number of methoxy groups -OCH3 is 2. The number of nitrogens with zero attached hydrogens (tertiary/aromatic N) is 2. The summed E-state index contributed by atoms with van der Waals surface area (Å²) in [5.41, 5.74) is 3.14. The zero-order chi connectivity index (χ0) is 20.5. The van der Waals surface area contributed by atoms with Gasteiger partial charge in [0.05, 0.1) is 20.4 Å². The summed E-state index contributed by atoms with van der Waals surface area (Å²) in [6.45, 7) is 0. The van der Waals surface area contributed by atoms with Crippen molar-refractivity contribution in [3.05, 3.63) is 91.4 Å². The second-order valence-corrected chi connectivity index (χ2v) is 7.04. The molecular formula is C25H22N3O2+. The van der Waals surface area contributed by atoms with E-state index in [1.54, 1.807) is 14.2 Å². The minimum atomic E-state index is 0.829. The Morgan fingerprint density at radius 1 is 0.767 bits per heavy atom. The molecule has 5 heteroatoms. The number of hydrogen-bond donors (Lipinski definition) is 1. The Kier molecular flexibility index (Phi) is 4.48. The summed E-state index contributed by atoms with van der Waals surface area (Å²) in [4.78, 5) is 0. The Balaban J connectivity index is 1.73. The van der Waals surface area contributed by atoms with Gasteiger partial charge in [0.1, 0.15) is 17.2 Å². The van der Waals surface area contributed by atoms with Crippen molar-refractivity contribution >= 4 is 27.8 Å². The Bertz CT molecular complexity index is 1320. The molecule has 1 N–H and O–H groups in total. The van der Waals surface area contributed by atoms with E-state index in [2.05, 4.69) is 69.3 Å². The summed E-state index contributed by atoms with van der Waals surface area (Å²) in [6, 6.07) is 26.6. The predicted octanol–water partition coefficient (Wildman–Crippen LogP) is 5.13. The first-order valence-corrected chi connectivity index (χ1v) is 9.76. The number of anilines is 2. The molecule has 148 valence electrons. The van der Waals surface area contributed by atoms with E-state index in [-0.39, 0.29) is 0 Å². The van der Waals surface area contributed by atoms with Crippen molar-refractivity contribution in [1.82, 2.24) is 4.57 Å². The predicted molar refractivity (Wildman–Crippen MR) is 119 cm³/mol. The number of fused-ring (bicyclic) bond motifs is 3. The van der Waals surface area contributed by atoms with Crippen molar-refractivity contribution in [1.29, 1.82) is 0 Å². The van der Waals surface area contributed by atoms with Crippen LogP contribution < -0.4 is 19.2 Å². The molecule has 0 unspecified atom stereocenters. The summed E-state index contributed by atoms with van der Waals surface area (Å²) in [5.74, 6) is 2.65. The van der Waals surface area contributed by atoms with Gasteiger partial charge < -0.3 is 14.8 Å². The fourth-order valence-electron chi connectivity index (χ4n) is 3.74. The summed E-state index contributed by atoms with van der Waals surface area (Å²) >= 11 is 0. The van der Waals surface area contributed by atoms with Gasteiger partial charge in [-0.2, -0.15) is 8.97 Å². The first-order valence-electron chi connectivity index (χ1n) is 9.76. The molecule has 0 aliphatic rings. The average molecular weight is 396 g/mol. The smallest absolute Gasteiger partial charge is 0.255 e. The molecule has 0 fully saturated rings. The SMILES string of the molecule is COc1ccc(Nc2c3c4ccccc4cc[n+]3cn2-c2ccc(OC)cc2)cc1. The van der Waals surface area contributed by atoms with Crippen molar-refractivity contribution in [3.8, 4) is 17.2 Å². The molecule has 5 aromatic rings. The first-order chi connectivity index (χ1) is 14.8. The molecular weight excluding hydrogens is 374 g/mol. The minimum Gasteiger partial charge on any atom is -0.497 e. The lowest BCUT2D eigenvalue weighted by Gasteiger charge is -2.08. The van der Waals surface area contributed by atoms with Crippen molar-refractivity contribution in [3.63, 3.8) is 0 Å². The normalized spacial score (nSPS) is 11.0. The minimum absolute atomic E-state index is 0.829. The highest BCUT2D eigenvalue weighted by atomic mass is 16.5. The van der Waals surface area contributed by atoms with Crippen molar-refractivity contribution in [2.24, 2.45) is 0 Å². The number of imidazole rings is 1. The van der Waals surface area contributed by atoms with E-state index in [4.69, 9.17) is 9.47 Å². The van der Waals surface area contributed by atoms with Gasteiger partial charge in [-0.25, -0.2) is 0 Å². The lowest BCUT2D eigenvalue weighted by atomic mass is 10.1. The number of aromatic nitrogens is 2. The van der Waals surface area contributed by atoms with Crippen LogP contribution in [0.5, 0.6) is 11.5 Å². The Morgan fingerprint density at radius 3 is 2.13 bits per heavy atom. The maximum atomic E-state index is 5.33. The highest BCUT2D eigenvalue weighted by molar-refractivity contribution is 5.99. The average Bonchev–Trinajstić information content (AvgIpc) is 3.18. The lowest BCUT2D eigenvalue weighted by Crippen LogP contribution is -2.17. The van der Waals surface area contributed by atoms with Crippen LogP contribution in [-0.4, -0.2) is 18.8 Å². The van der Waals surface area contributed by atoms with Crippen LogP contribution in [0.2, 0.25) is 0 Å². The van der Waals surface area contributed by atoms with Gasteiger partial charge in [0.25, 0.3) is 12.1 Å². The third kappa shape index (κ3) is 3.10. The number of ether oxygens (including phenoxy) is 2. The maximum absolute atomic E-state index is 5.33. The molecule has 0 aliphatic heterocycles. The quantitative estimate of drug-likeness (QED) is 0.419. The van der Waals surface area contributed by atoms with Crippen molar-refractivity contribution < 1.29 is 13.9 Å². The van der Waals surface area contributed by atoms with E-state index in [0.29, 0.717) is 0 Å². The molecule has 0 aliphatic carbocycles. The van der Waals surface area contributed by atoms with Gasteiger partial charge in [0, 0.05) is 11.1 Å². The fraction of sp³-hybridized carbons (Fsp3) is 0.0800. The second kappa shape index (κ2) is 7.44. The molecule has 5 rings (SSSR count). The Hall–Kier alpha value is -3.99. The summed E-state index contributed by atoms with van der Waals surface area (Å²) in [6.07, 6.45) is 4.19. The highest BCUT2D eigenvalue weighted by Crippen LogP contribution is 2.30. The van der Waals surface area contributed by atoms with Crippen LogP contribution in [0, 0.1) is 0 Å². The number of pyridine rings is 1. The molecule has 0 saturated carbocycles. The van der Waals surface area contributed by atoms with Gasteiger partial charge in [-0.15, -0.1) is 0 Å². The van der Waals surface area contributed by atoms with Gasteiger partial charge in [-0.05, 0) is 66.0 Å². The molecule has 30 heavy (non-hydrogen) atoms. The van der Waals surface area contributed by atoms with E-state index in [9.17, 15) is 0 Å². The van der Waals surface area contributed by atoms with Crippen LogP contribution in [0.15, 0.2) is 91.4 Å². The molecule has 0 radical (unpaired) electrons. The second-order valence-electron chi connectivity index (χ2n) is 7.04. The summed E-state index contributed by atoms with van der Waals surface area (Å²) < 4.78 is 14.9. The van der Waals surface area contributed by atoms with Gasteiger partial charge in [-0.1, -0.05) is 18.2 Å². The Morgan fingerprint density at radius 2 is 1.43 bits per heavy atom. The fourth-order valence-corrected chi connectivity index (χ4v) is 3.74. The Labute approximate surface area is 174 Å². The molecule has 5 nitrogen and oxygen atoms in total. The largest absolute Gasteiger partial charge is 0.497 e. The van der Waals surface area contributed by atoms with Gasteiger partial charge in [0.15, 0.2) is 0 Å². The molecule has 0 amide bonds. The molecule has 0 saturated heterocycles. The van der Waals surface area contributed by atoms with E-state index in [0.717, 1.165) is 34.2 Å². The van der Waals surface area contributed by atoms with Gasteiger partial charge in [0.2, 0.25) is 5.52 Å². The van der Waals surface area contributed by atoms with Gasteiger partial charge in [-0.3, -0.25) is 0 Å². The van der Waals surface area contributed by atoms with Crippen molar-refractivity contribution in [2.75, 3.05) is 19.5 Å². The van der Waals surface area contributed by atoms with E-state index >= 15 is 0 Å². The summed E-state index contributed by atoms with van der Waals surface area (Å²) in [7, 11) is 3.35. The van der Waals surface area contributed by atoms with Crippen LogP contribution in [0.1, 0.15) is 0 Å². The van der Waals surface area contributed by atoms with Crippen LogP contribution >= 0.6 is 0 Å². The van der Waals surface area contributed by atoms with Crippen LogP contribution in [0.25, 0.3) is 22.0 Å². The zero-order valence-electron chi connectivity index (χ0n) is 16.9. The molecule has 0 spiro atoms. The van der Waals surface area contributed by atoms with E-state index in [1.165, 1.54) is 10.8 Å².